The van der Waals surface area contributed by atoms with E-state index in [1.165, 1.54) is 25.8 Å². The maximum atomic E-state index is 12.7. The lowest BCUT2D eigenvalue weighted by Crippen LogP contribution is -2.46. The van der Waals surface area contributed by atoms with Crippen LogP contribution in [0.1, 0.15) is 25.5 Å². The molecular weight excluding hydrogens is 583 g/mol. The summed E-state index contributed by atoms with van der Waals surface area (Å²) in [6.07, 6.45) is 0.240. The summed E-state index contributed by atoms with van der Waals surface area (Å²) in [5, 5.41) is 22.9. The van der Waals surface area contributed by atoms with E-state index in [-0.39, 0.29) is 18.8 Å². The Labute approximate surface area is 239 Å². The number of nitrogens with zero attached hydrogens (tertiary/aromatic N) is 4. The van der Waals surface area contributed by atoms with Crippen LogP contribution in [0.3, 0.4) is 0 Å². The molecule has 0 saturated carbocycles. The van der Waals surface area contributed by atoms with Gasteiger partial charge in [-0.15, -0.1) is 0 Å². The summed E-state index contributed by atoms with van der Waals surface area (Å²) in [4.78, 5) is 47.8. The number of carbonyl (C=O) groups excluding carboxylic acids is 2. The minimum absolute atomic E-state index is 0.177. The second kappa shape index (κ2) is 12.4. The molecule has 2 fully saturated rings. The zero-order chi connectivity index (χ0) is 29.3. The van der Waals surface area contributed by atoms with Crippen molar-refractivity contribution in [3.05, 3.63) is 24.8 Å². The average Bonchev–Trinajstić information content (AvgIpc) is 3.61. The van der Waals surface area contributed by atoms with Gasteiger partial charge in [-0.2, -0.15) is 0 Å². The predicted molar refractivity (Wildman–Crippen MR) is 143 cm³/mol. The standard InChI is InChI=1S/C23H31N6O10PS/c1-35-20-18(11-4-2-3-5-15(32)28-23(11)33)38-13(7-30)19(20)39-40(34,41)36-8-14-12(31)6-16(37-14)29-10-27-17-21(24)25-9-26-22(17)29/h3,5,9-14,16,18-20,30-31H,2,4,6-8H2,1H3,(H,34,41)(H2,24,25,26)(H,28,32,33). The number of aliphatic hydroxyl groups excluding tert-OH is 2. The van der Waals surface area contributed by atoms with E-state index in [4.69, 9.17) is 40.8 Å². The van der Waals surface area contributed by atoms with Gasteiger partial charge in [-0.05, 0) is 30.7 Å². The number of methoxy groups -OCH3 is 1. The van der Waals surface area contributed by atoms with Gasteiger partial charge in [0.1, 0.15) is 42.5 Å². The maximum absolute atomic E-state index is 12.7. The van der Waals surface area contributed by atoms with Gasteiger partial charge in [0.05, 0.1) is 37.7 Å². The number of ether oxygens (including phenoxy) is 3. The summed E-state index contributed by atoms with van der Waals surface area (Å²) in [6, 6.07) is 0. The highest BCUT2D eigenvalue weighted by atomic mass is 32.5. The van der Waals surface area contributed by atoms with Gasteiger partial charge in [-0.25, -0.2) is 15.0 Å². The summed E-state index contributed by atoms with van der Waals surface area (Å²) in [6.45, 7) is -4.84. The zero-order valence-electron chi connectivity index (χ0n) is 21.9. The second-order valence-electron chi connectivity index (χ2n) is 9.81. The van der Waals surface area contributed by atoms with Gasteiger partial charge in [-0.1, -0.05) is 6.08 Å². The van der Waals surface area contributed by atoms with E-state index >= 15 is 0 Å². The van der Waals surface area contributed by atoms with Crippen molar-refractivity contribution in [1.29, 1.82) is 0 Å². The van der Waals surface area contributed by atoms with Crippen molar-refractivity contribution in [2.45, 2.75) is 62.1 Å². The van der Waals surface area contributed by atoms with Crippen LogP contribution < -0.4 is 11.1 Å². The van der Waals surface area contributed by atoms with E-state index in [0.29, 0.717) is 24.0 Å². The van der Waals surface area contributed by atoms with Crippen molar-refractivity contribution in [3.63, 3.8) is 0 Å². The molecule has 0 bridgehead atoms. The number of rotatable bonds is 9. The summed E-state index contributed by atoms with van der Waals surface area (Å²) < 4.78 is 30.3. The number of aromatic nitrogens is 4. The minimum atomic E-state index is -4.01. The molecule has 2 aromatic rings. The molecule has 5 heterocycles. The van der Waals surface area contributed by atoms with Crippen molar-refractivity contribution < 1.29 is 48.0 Å². The number of nitrogens with one attached hydrogen (secondary N) is 1. The molecule has 3 aliphatic rings. The molecule has 3 aliphatic heterocycles. The first kappa shape index (κ1) is 30.0. The third-order valence-corrected chi connectivity index (χ3v) is 8.81. The highest BCUT2D eigenvalue weighted by Crippen LogP contribution is 2.49. The van der Waals surface area contributed by atoms with Crippen LogP contribution in [0.2, 0.25) is 0 Å². The number of imidazole rings is 1. The number of imide groups is 1. The van der Waals surface area contributed by atoms with Crippen LogP contribution in [0.5, 0.6) is 0 Å². The van der Waals surface area contributed by atoms with E-state index in [1.807, 2.05) is 0 Å². The predicted octanol–water partition coefficient (Wildman–Crippen LogP) is -0.941. The summed E-state index contributed by atoms with van der Waals surface area (Å²) in [5.74, 6) is -1.69. The smallest absolute Gasteiger partial charge is 0.325 e. The van der Waals surface area contributed by atoms with Crippen molar-refractivity contribution in [2.75, 3.05) is 26.1 Å². The van der Waals surface area contributed by atoms with Crippen LogP contribution in [0.25, 0.3) is 11.2 Å². The summed E-state index contributed by atoms with van der Waals surface area (Å²) in [5.41, 5.74) is 6.67. The van der Waals surface area contributed by atoms with Crippen LogP contribution in [0.15, 0.2) is 24.8 Å². The van der Waals surface area contributed by atoms with Crippen LogP contribution >= 0.6 is 6.72 Å². The molecule has 5 rings (SSSR count). The van der Waals surface area contributed by atoms with E-state index in [1.54, 1.807) is 10.6 Å². The Morgan fingerprint density at radius 1 is 1.24 bits per heavy atom. The first-order chi connectivity index (χ1) is 19.6. The highest BCUT2D eigenvalue weighted by molar-refractivity contribution is 8.07. The van der Waals surface area contributed by atoms with Gasteiger partial charge in [0, 0.05) is 13.5 Å². The number of fused-ring (bicyclic) bond motifs is 1. The van der Waals surface area contributed by atoms with E-state index in [0.717, 1.165) is 0 Å². The SMILES string of the molecule is COC1C(OP(O)(=S)OCC2OC(n3cnc4c(N)ncnc43)CC2O)C(CO)OC1C1CCC=CC(=O)NC1=O. The molecule has 0 radical (unpaired) electrons. The molecule has 9 unspecified atom stereocenters. The van der Waals surface area contributed by atoms with Gasteiger partial charge < -0.3 is 39.6 Å². The zero-order valence-corrected chi connectivity index (χ0v) is 23.6. The molecule has 0 spiro atoms. The monoisotopic (exact) mass is 614 g/mol. The van der Waals surface area contributed by atoms with Crippen LogP contribution in [-0.2, 0) is 44.7 Å². The Morgan fingerprint density at radius 2 is 2.05 bits per heavy atom. The third-order valence-electron chi connectivity index (χ3n) is 7.25. The average molecular weight is 615 g/mol. The van der Waals surface area contributed by atoms with E-state index in [9.17, 15) is 24.7 Å². The first-order valence-electron chi connectivity index (χ1n) is 12.8. The molecule has 41 heavy (non-hydrogen) atoms. The van der Waals surface area contributed by atoms with Gasteiger partial charge in [0.15, 0.2) is 11.5 Å². The fraction of sp³-hybridized carbons (Fsp3) is 0.609. The van der Waals surface area contributed by atoms with Gasteiger partial charge in [0.2, 0.25) is 11.8 Å². The number of anilines is 1. The lowest BCUT2D eigenvalue weighted by atomic mass is 9.90. The van der Waals surface area contributed by atoms with Crippen molar-refractivity contribution >= 4 is 47.3 Å². The summed E-state index contributed by atoms with van der Waals surface area (Å²) in [7, 11) is 1.37. The molecule has 18 heteroatoms. The number of nitrogen functional groups attached to an aromatic ring is 1. The first-order valence-corrected chi connectivity index (χ1v) is 15.4. The van der Waals surface area contributed by atoms with Crippen molar-refractivity contribution in [3.8, 4) is 0 Å². The number of allylic oxidation sites excluding steroid dienone is 1. The Balaban J connectivity index is 1.23. The lowest BCUT2D eigenvalue weighted by Gasteiger charge is -2.29. The quantitative estimate of drug-likeness (QED) is 0.170. The molecule has 224 valence electrons. The molecule has 16 nitrogen and oxygen atoms in total. The molecule has 2 amide bonds. The third kappa shape index (κ3) is 6.34. The van der Waals surface area contributed by atoms with Crippen LogP contribution in [-0.4, -0.2) is 103 Å². The normalized spacial score (nSPS) is 34.0. The van der Waals surface area contributed by atoms with Gasteiger partial charge in [0.25, 0.3) is 0 Å². The fourth-order valence-electron chi connectivity index (χ4n) is 5.26. The van der Waals surface area contributed by atoms with Crippen LogP contribution in [0, 0.1) is 5.92 Å². The van der Waals surface area contributed by atoms with E-state index in [2.05, 4.69) is 20.3 Å². The largest absolute Gasteiger partial charge is 0.394 e. The number of amides is 2. The number of hydrogen-bond donors (Lipinski definition) is 5. The molecule has 2 saturated heterocycles. The van der Waals surface area contributed by atoms with E-state index < -0.39 is 73.9 Å². The Morgan fingerprint density at radius 3 is 2.80 bits per heavy atom. The molecule has 0 aliphatic carbocycles. The highest BCUT2D eigenvalue weighted by Gasteiger charge is 2.52. The number of carbonyl (C=O) groups is 2. The summed E-state index contributed by atoms with van der Waals surface area (Å²) >= 11 is 5.23. The number of nitrogens with two attached hydrogens (primary N) is 1. The number of hydrogen-bond acceptors (Lipinski definition) is 14. The second-order valence-corrected chi connectivity index (χ2v) is 12.6. The number of aliphatic hydroxyl groups is 2. The van der Waals surface area contributed by atoms with Gasteiger partial charge >= 0.3 is 6.72 Å². The molecule has 0 aromatic carbocycles. The Bertz CT molecular complexity index is 1360. The maximum Gasteiger partial charge on any atom is 0.325 e. The van der Waals surface area contributed by atoms with Crippen molar-refractivity contribution in [1.82, 2.24) is 24.8 Å². The minimum Gasteiger partial charge on any atom is -0.394 e. The fourth-order valence-corrected chi connectivity index (χ4v) is 6.70. The molecule has 9 atom stereocenters. The topological polar surface area (TPSA) is 223 Å². The van der Waals surface area contributed by atoms with Crippen LogP contribution in [0.4, 0.5) is 5.82 Å². The van der Waals surface area contributed by atoms with Gasteiger partial charge in [-0.3, -0.25) is 24.0 Å². The Hall–Kier alpha value is -2.44. The molecule has 2 aromatic heterocycles. The lowest BCUT2D eigenvalue weighted by molar-refractivity contribution is -0.138. The Kier molecular flexibility index (Phi) is 9.10. The molecular formula is C23H31N6O10PS. The van der Waals surface area contributed by atoms with Crippen molar-refractivity contribution in [2.24, 2.45) is 5.92 Å². The molecule has 6 N–H and O–H groups in total.